The molecule has 8 heteroatoms. The summed E-state index contributed by atoms with van der Waals surface area (Å²) in [5.74, 6) is 0.377. The summed E-state index contributed by atoms with van der Waals surface area (Å²) in [6, 6.07) is 13.1. The Labute approximate surface area is 138 Å². The van der Waals surface area contributed by atoms with Crippen LogP contribution in [0, 0.1) is 5.82 Å². The Morgan fingerprint density at radius 3 is 2.65 bits per heavy atom. The van der Waals surface area contributed by atoms with Gasteiger partial charge in [-0.2, -0.15) is 4.98 Å². The van der Waals surface area contributed by atoms with Crippen molar-refractivity contribution in [3.63, 3.8) is 0 Å². The molecule has 4 aromatic rings. The Balaban J connectivity index is 1.75. The van der Waals surface area contributed by atoms with Crippen LogP contribution in [0.15, 0.2) is 57.9 Å². The van der Waals surface area contributed by atoms with Crippen LogP contribution in [0.4, 0.5) is 10.1 Å². The molecule has 0 aliphatic heterocycles. The van der Waals surface area contributed by atoms with E-state index in [4.69, 9.17) is 16.0 Å². The van der Waals surface area contributed by atoms with Crippen LogP contribution < -0.4 is 4.80 Å². The molecule has 0 amide bonds. The Morgan fingerprint density at radius 1 is 1.13 bits per heavy atom. The lowest BCUT2D eigenvalue weighted by atomic mass is 10.2. The second-order valence-corrected chi connectivity index (χ2v) is 5.92. The minimum Gasteiger partial charge on any atom is -0.402 e. The van der Waals surface area contributed by atoms with E-state index in [1.165, 1.54) is 27.6 Å². The quantitative estimate of drug-likeness (QED) is 0.549. The smallest absolute Gasteiger partial charge is 0.337 e. The molecule has 0 aliphatic carbocycles. The van der Waals surface area contributed by atoms with Crippen LogP contribution in [0.1, 0.15) is 0 Å². The fraction of sp³-hybridized carbons (Fsp3) is 0. The Morgan fingerprint density at radius 2 is 1.91 bits per heavy atom. The maximum absolute atomic E-state index is 12.9. The highest BCUT2D eigenvalue weighted by Gasteiger charge is 2.11. The Hall–Kier alpha value is -2.51. The monoisotopic (exact) mass is 346 g/mol. The van der Waals surface area contributed by atoms with Gasteiger partial charge in [0, 0.05) is 17.1 Å². The van der Waals surface area contributed by atoms with Gasteiger partial charge in [-0.05, 0) is 36.4 Å². The van der Waals surface area contributed by atoms with Crippen molar-refractivity contribution < 1.29 is 8.81 Å². The zero-order valence-electron chi connectivity index (χ0n) is 11.5. The highest BCUT2D eigenvalue weighted by atomic mass is 35.5. The third-order valence-corrected chi connectivity index (χ3v) is 4.13. The van der Waals surface area contributed by atoms with E-state index in [-0.39, 0.29) is 5.82 Å². The van der Waals surface area contributed by atoms with Crippen molar-refractivity contribution in [2.75, 3.05) is 0 Å². The molecule has 0 fully saturated rings. The molecule has 2 heterocycles. The second-order valence-electron chi connectivity index (χ2n) is 4.62. The van der Waals surface area contributed by atoms with E-state index in [0.717, 1.165) is 0 Å². The van der Waals surface area contributed by atoms with Crippen LogP contribution in [0.3, 0.4) is 0 Å². The van der Waals surface area contributed by atoms with Crippen molar-refractivity contribution in [1.82, 2.24) is 14.0 Å². The summed E-state index contributed by atoms with van der Waals surface area (Å²) in [6.07, 6.45) is 0. The lowest BCUT2D eigenvalue weighted by molar-refractivity contribution is 0.603. The van der Waals surface area contributed by atoms with Crippen LogP contribution in [-0.4, -0.2) is 14.0 Å². The molecule has 0 bridgehead atoms. The minimum atomic E-state index is -0.311. The molecule has 0 aliphatic rings. The van der Waals surface area contributed by atoms with Crippen molar-refractivity contribution in [3.05, 3.63) is 64.2 Å². The first-order chi connectivity index (χ1) is 11.2. The summed E-state index contributed by atoms with van der Waals surface area (Å²) in [7, 11) is 0. The number of aromatic nitrogens is 3. The van der Waals surface area contributed by atoms with Gasteiger partial charge in [-0.3, -0.25) is 0 Å². The van der Waals surface area contributed by atoms with Gasteiger partial charge in [-0.25, -0.2) is 9.38 Å². The third kappa shape index (κ3) is 2.76. The van der Waals surface area contributed by atoms with E-state index in [9.17, 15) is 4.39 Å². The standard InChI is InChI=1S/C15H8ClFN4OS/c16-11-3-1-2-4-12(11)18-14-19-15-21(23-14)20-13(22-15)9-5-7-10(17)8-6-9/h1-8H. The van der Waals surface area contributed by atoms with Gasteiger partial charge in [-0.15, -0.1) is 9.00 Å². The van der Waals surface area contributed by atoms with Gasteiger partial charge in [0.15, 0.2) is 0 Å². The summed E-state index contributed by atoms with van der Waals surface area (Å²) in [5.41, 5.74) is 1.30. The molecule has 114 valence electrons. The summed E-state index contributed by atoms with van der Waals surface area (Å²) in [5, 5.41) is 4.83. The van der Waals surface area contributed by atoms with Crippen LogP contribution >= 0.6 is 23.1 Å². The molecule has 0 unspecified atom stereocenters. The van der Waals surface area contributed by atoms with E-state index in [1.54, 1.807) is 24.3 Å². The average Bonchev–Trinajstić information content (AvgIpc) is 3.09. The maximum Gasteiger partial charge on any atom is 0.337 e. The van der Waals surface area contributed by atoms with Crippen LogP contribution in [0.25, 0.3) is 17.3 Å². The van der Waals surface area contributed by atoms with Gasteiger partial charge < -0.3 is 4.42 Å². The normalized spacial score (nSPS) is 12.2. The van der Waals surface area contributed by atoms with E-state index in [1.807, 2.05) is 12.1 Å². The highest BCUT2D eigenvalue weighted by molar-refractivity contribution is 7.03. The molecule has 4 rings (SSSR count). The number of hydrogen-bond acceptors (Lipinski definition) is 5. The zero-order valence-corrected chi connectivity index (χ0v) is 13.1. The lowest BCUT2D eigenvalue weighted by Crippen LogP contribution is -1.95. The number of rotatable bonds is 2. The van der Waals surface area contributed by atoms with Crippen molar-refractivity contribution in [1.29, 1.82) is 0 Å². The molecule has 0 atom stereocenters. The summed E-state index contributed by atoms with van der Waals surface area (Å²) < 4.78 is 20.1. The molecule has 0 spiro atoms. The molecular formula is C15H8ClFN4OS. The van der Waals surface area contributed by atoms with Crippen molar-refractivity contribution in [2.24, 2.45) is 4.99 Å². The largest absolute Gasteiger partial charge is 0.402 e. The molecular weight excluding hydrogens is 339 g/mol. The molecule has 0 N–H and O–H groups in total. The van der Waals surface area contributed by atoms with Gasteiger partial charge in [0.2, 0.25) is 10.7 Å². The van der Waals surface area contributed by atoms with E-state index in [0.29, 0.717) is 32.8 Å². The van der Waals surface area contributed by atoms with Gasteiger partial charge in [0.05, 0.1) is 10.7 Å². The topological polar surface area (TPSA) is 55.7 Å². The number of benzene rings is 2. The van der Waals surface area contributed by atoms with E-state index < -0.39 is 0 Å². The van der Waals surface area contributed by atoms with Gasteiger partial charge >= 0.3 is 5.84 Å². The van der Waals surface area contributed by atoms with Gasteiger partial charge in [-0.1, -0.05) is 23.7 Å². The minimum absolute atomic E-state index is 0.311. The predicted molar refractivity (Wildman–Crippen MR) is 85.2 cm³/mol. The fourth-order valence-corrected chi connectivity index (χ4v) is 2.84. The molecule has 23 heavy (non-hydrogen) atoms. The summed E-state index contributed by atoms with van der Waals surface area (Å²) in [6.45, 7) is 0. The van der Waals surface area contributed by atoms with Crippen molar-refractivity contribution >= 4 is 34.7 Å². The van der Waals surface area contributed by atoms with Crippen molar-refractivity contribution in [3.8, 4) is 11.5 Å². The molecule has 0 saturated carbocycles. The van der Waals surface area contributed by atoms with Crippen LogP contribution in [-0.2, 0) is 0 Å². The molecule has 0 saturated heterocycles. The lowest BCUT2D eigenvalue weighted by Gasteiger charge is -1.93. The number of nitrogens with zero attached hydrogens (tertiary/aromatic N) is 4. The van der Waals surface area contributed by atoms with E-state index >= 15 is 0 Å². The van der Waals surface area contributed by atoms with Crippen LogP contribution in [0.2, 0.25) is 5.02 Å². The molecule has 2 aromatic heterocycles. The fourth-order valence-electron chi connectivity index (χ4n) is 1.98. The SMILES string of the molecule is Fc1ccc(-c2nn3sc(=Nc4ccccc4Cl)nc3o2)cc1. The first-order valence-electron chi connectivity index (χ1n) is 6.61. The highest BCUT2D eigenvalue weighted by Crippen LogP contribution is 2.23. The Kier molecular flexibility index (Phi) is 3.44. The number of hydrogen-bond donors (Lipinski definition) is 0. The molecule has 0 radical (unpaired) electrons. The molecule has 2 aromatic carbocycles. The first-order valence-corrected chi connectivity index (χ1v) is 7.76. The summed E-state index contributed by atoms with van der Waals surface area (Å²) in [4.78, 5) is 9.12. The number of halogens is 2. The van der Waals surface area contributed by atoms with Crippen LogP contribution in [0.5, 0.6) is 0 Å². The summed E-state index contributed by atoms with van der Waals surface area (Å²) >= 11 is 7.29. The van der Waals surface area contributed by atoms with Crippen molar-refractivity contribution in [2.45, 2.75) is 0 Å². The number of para-hydroxylation sites is 1. The molecule has 5 nitrogen and oxygen atoms in total. The second kappa shape index (κ2) is 5.60. The number of fused-ring (bicyclic) bond motifs is 1. The third-order valence-electron chi connectivity index (χ3n) is 3.05. The van der Waals surface area contributed by atoms with Gasteiger partial charge in [0.25, 0.3) is 0 Å². The van der Waals surface area contributed by atoms with Gasteiger partial charge in [0.1, 0.15) is 5.82 Å². The maximum atomic E-state index is 12.9. The average molecular weight is 347 g/mol. The predicted octanol–water partition coefficient (Wildman–Crippen LogP) is 4.08. The zero-order chi connectivity index (χ0) is 15.8. The first kappa shape index (κ1) is 14.1. The van der Waals surface area contributed by atoms with E-state index in [2.05, 4.69) is 15.1 Å². The Bertz CT molecular complexity index is 1020.